The van der Waals surface area contributed by atoms with Crippen LogP contribution in [0.2, 0.25) is 0 Å². The molecule has 2 fully saturated rings. The Morgan fingerprint density at radius 2 is 1.21 bits per heavy atom. The molecule has 15 heteroatoms. The number of hydrogen-bond donors (Lipinski definition) is 8. The third-order valence-corrected chi connectivity index (χ3v) is 6.57. The third-order valence-electron chi connectivity index (χ3n) is 6.57. The second kappa shape index (κ2) is 10.4. The molecule has 5 rings (SSSR count). The first kappa shape index (κ1) is 26.8. The van der Waals surface area contributed by atoms with E-state index in [1.165, 1.54) is 18.4 Å². The molecule has 208 valence electrons. The van der Waals surface area contributed by atoms with Crippen molar-refractivity contribution in [3.05, 3.63) is 34.9 Å². The molecule has 0 saturated carbocycles. The lowest BCUT2D eigenvalue weighted by Gasteiger charge is -2.41. The zero-order chi connectivity index (χ0) is 27.3. The molecular weight excluding hydrogens is 516 g/mol. The number of ether oxygens (including phenoxy) is 4. The maximum absolute atomic E-state index is 12.0. The molecule has 2 aromatic heterocycles. The normalized spacial score (nSPS) is 36.0. The summed E-state index contributed by atoms with van der Waals surface area (Å²) in [6.07, 6.45) is -15.3. The number of aliphatic hydroxyl groups excluding tert-OH is 8. The van der Waals surface area contributed by atoms with Crippen molar-refractivity contribution in [3.63, 3.8) is 0 Å². The van der Waals surface area contributed by atoms with Crippen molar-refractivity contribution in [1.82, 2.24) is 0 Å². The molecule has 0 spiro atoms. The van der Waals surface area contributed by atoms with Gasteiger partial charge in [-0.3, -0.25) is 0 Å². The molecule has 0 amide bonds. The van der Waals surface area contributed by atoms with E-state index in [2.05, 4.69) is 0 Å². The van der Waals surface area contributed by atoms with E-state index in [0.29, 0.717) is 0 Å². The van der Waals surface area contributed by atoms with Gasteiger partial charge >= 0.3 is 5.63 Å². The van der Waals surface area contributed by atoms with Crippen LogP contribution in [-0.2, 0) is 9.47 Å². The summed E-state index contributed by atoms with van der Waals surface area (Å²) < 4.78 is 33.4. The Bertz CT molecular complexity index is 1330. The predicted octanol–water partition coefficient (Wildman–Crippen LogP) is -3.10. The minimum atomic E-state index is -1.83. The molecule has 0 unspecified atom stereocenters. The van der Waals surface area contributed by atoms with Gasteiger partial charge in [0.05, 0.1) is 30.2 Å². The van der Waals surface area contributed by atoms with E-state index in [1.54, 1.807) is 0 Å². The smallest absolute Gasteiger partial charge is 0.336 e. The minimum Gasteiger partial charge on any atom is -0.460 e. The van der Waals surface area contributed by atoms with E-state index in [1.807, 2.05) is 0 Å². The van der Waals surface area contributed by atoms with Crippen LogP contribution in [0.1, 0.15) is 0 Å². The van der Waals surface area contributed by atoms with Gasteiger partial charge in [-0.2, -0.15) is 0 Å². The number of aliphatic hydroxyl groups is 8. The standard InChI is InChI=1S/C23H26O15/c24-5-9-12(27)14(29)16(31)22(34-9)37-20-7-1-2-11(26)36-18(7)8-3-4-33-19(8)21(20)38-23-17(32)15(30)13(28)10(6-25)35-23/h1-4,9-10,12-17,22-25,27-32H,5-6H2/t9-,10+,12+,13-,14-,15-,16-,17-,22-,23+/m0/s1. The fourth-order valence-electron chi connectivity index (χ4n) is 4.47. The van der Waals surface area contributed by atoms with Crippen molar-refractivity contribution in [2.45, 2.75) is 61.4 Å². The summed E-state index contributed by atoms with van der Waals surface area (Å²) in [4.78, 5) is 12.0. The van der Waals surface area contributed by atoms with Crippen LogP contribution in [-0.4, -0.2) is 115 Å². The van der Waals surface area contributed by atoms with E-state index >= 15 is 0 Å². The number of benzene rings is 1. The summed E-state index contributed by atoms with van der Waals surface area (Å²) in [5.74, 6) is -0.597. The highest BCUT2D eigenvalue weighted by atomic mass is 16.7. The fraction of sp³-hybridized carbons (Fsp3) is 0.522. The van der Waals surface area contributed by atoms with Gasteiger partial charge in [-0.15, -0.1) is 0 Å². The van der Waals surface area contributed by atoms with Crippen molar-refractivity contribution in [2.75, 3.05) is 13.2 Å². The highest BCUT2D eigenvalue weighted by Crippen LogP contribution is 2.46. The third kappa shape index (κ3) is 4.42. The molecule has 3 aromatic rings. The summed E-state index contributed by atoms with van der Waals surface area (Å²) in [6, 6.07) is 3.80. The monoisotopic (exact) mass is 542 g/mol. The van der Waals surface area contributed by atoms with Crippen molar-refractivity contribution in [3.8, 4) is 11.5 Å². The molecule has 2 aliphatic rings. The zero-order valence-corrected chi connectivity index (χ0v) is 19.4. The molecule has 10 atom stereocenters. The zero-order valence-electron chi connectivity index (χ0n) is 19.4. The molecule has 2 saturated heterocycles. The lowest BCUT2D eigenvalue weighted by Crippen LogP contribution is -2.60. The highest BCUT2D eigenvalue weighted by Gasteiger charge is 2.47. The predicted molar refractivity (Wildman–Crippen MR) is 121 cm³/mol. The molecule has 0 radical (unpaired) electrons. The van der Waals surface area contributed by atoms with Gasteiger partial charge in [0, 0.05) is 6.07 Å². The number of fused-ring (bicyclic) bond motifs is 3. The van der Waals surface area contributed by atoms with Gasteiger partial charge in [0.15, 0.2) is 16.9 Å². The number of furan rings is 1. The molecule has 4 heterocycles. The van der Waals surface area contributed by atoms with Crippen molar-refractivity contribution < 1.29 is 68.6 Å². The Hall–Kier alpha value is -2.83. The van der Waals surface area contributed by atoms with Gasteiger partial charge in [0.25, 0.3) is 0 Å². The maximum atomic E-state index is 12.0. The average Bonchev–Trinajstić information content (AvgIpc) is 3.40. The summed E-state index contributed by atoms with van der Waals surface area (Å²) in [7, 11) is 0. The van der Waals surface area contributed by atoms with Gasteiger partial charge in [0.2, 0.25) is 18.3 Å². The Morgan fingerprint density at radius 1 is 0.658 bits per heavy atom. The van der Waals surface area contributed by atoms with E-state index in [0.717, 1.165) is 6.07 Å². The van der Waals surface area contributed by atoms with E-state index < -0.39 is 80.3 Å². The Balaban J connectivity index is 1.63. The van der Waals surface area contributed by atoms with Gasteiger partial charge in [-0.1, -0.05) is 0 Å². The Labute approximate surface area is 212 Å². The van der Waals surface area contributed by atoms with Crippen LogP contribution in [0.25, 0.3) is 21.9 Å². The molecule has 2 aliphatic heterocycles. The van der Waals surface area contributed by atoms with Crippen molar-refractivity contribution in [2.24, 2.45) is 0 Å². The molecule has 38 heavy (non-hydrogen) atoms. The van der Waals surface area contributed by atoms with Gasteiger partial charge < -0.3 is 68.6 Å². The van der Waals surface area contributed by atoms with E-state index in [9.17, 15) is 45.6 Å². The van der Waals surface area contributed by atoms with E-state index in [4.69, 9.17) is 27.8 Å². The molecular formula is C23H26O15. The first-order valence-corrected chi connectivity index (χ1v) is 11.6. The molecule has 15 nitrogen and oxygen atoms in total. The van der Waals surface area contributed by atoms with Gasteiger partial charge in [-0.05, 0) is 12.1 Å². The first-order valence-electron chi connectivity index (χ1n) is 11.6. The van der Waals surface area contributed by atoms with Crippen LogP contribution in [0.5, 0.6) is 11.5 Å². The van der Waals surface area contributed by atoms with Crippen LogP contribution in [0.3, 0.4) is 0 Å². The lowest BCUT2D eigenvalue weighted by molar-refractivity contribution is -0.282. The first-order chi connectivity index (χ1) is 18.2. The van der Waals surface area contributed by atoms with Crippen LogP contribution in [0.15, 0.2) is 38.1 Å². The number of rotatable bonds is 6. The average molecular weight is 542 g/mol. The minimum absolute atomic E-state index is 0.0259. The Kier molecular flexibility index (Phi) is 7.31. The molecule has 0 aliphatic carbocycles. The van der Waals surface area contributed by atoms with Crippen LogP contribution >= 0.6 is 0 Å². The summed E-state index contributed by atoms with van der Waals surface area (Å²) in [6.45, 7) is -1.45. The molecule has 1 aromatic carbocycles. The molecule has 0 bridgehead atoms. The largest absolute Gasteiger partial charge is 0.460 e. The van der Waals surface area contributed by atoms with Crippen LogP contribution in [0.4, 0.5) is 0 Å². The Morgan fingerprint density at radius 3 is 1.76 bits per heavy atom. The van der Waals surface area contributed by atoms with Crippen molar-refractivity contribution >= 4 is 21.9 Å². The summed E-state index contributed by atoms with van der Waals surface area (Å²) >= 11 is 0. The fourth-order valence-corrected chi connectivity index (χ4v) is 4.47. The molecule has 8 N–H and O–H groups in total. The van der Waals surface area contributed by atoms with Crippen LogP contribution < -0.4 is 15.1 Å². The van der Waals surface area contributed by atoms with Gasteiger partial charge in [-0.25, -0.2) is 4.79 Å². The van der Waals surface area contributed by atoms with Crippen molar-refractivity contribution in [1.29, 1.82) is 0 Å². The lowest BCUT2D eigenvalue weighted by atomic mass is 9.99. The second-order valence-electron chi connectivity index (χ2n) is 8.95. The SMILES string of the molecule is O=c1ccc2c(O[C@@H]3O[C@@H](CO)[C@@H](O)[C@H](O)[C@@H]3O)c(O[C@H]3O[C@H](CO)[C@H](O)[C@H](O)[C@@H]3O)c3occc3c2o1. The summed E-state index contributed by atoms with van der Waals surface area (Å²) in [5, 5.41) is 81.0. The summed E-state index contributed by atoms with van der Waals surface area (Å²) in [5.41, 5.74) is -0.841. The number of hydrogen-bond acceptors (Lipinski definition) is 15. The second-order valence-corrected chi connectivity index (χ2v) is 8.95. The highest BCUT2D eigenvalue weighted by molar-refractivity contribution is 6.08. The van der Waals surface area contributed by atoms with E-state index in [-0.39, 0.29) is 33.4 Å². The maximum Gasteiger partial charge on any atom is 0.336 e. The van der Waals surface area contributed by atoms with Crippen LogP contribution in [0, 0.1) is 0 Å². The topological polar surface area (TPSA) is 242 Å². The van der Waals surface area contributed by atoms with Gasteiger partial charge in [0.1, 0.15) is 48.8 Å². The quantitative estimate of drug-likeness (QED) is 0.144.